The Morgan fingerprint density at radius 3 is 2.68 bits per heavy atom. The summed E-state index contributed by atoms with van der Waals surface area (Å²) in [7, 11) is 1.88. The van der Waals surface area contributed by atoms with E-state index in [4.69, 9.17) is 17.4 Å². The van der Waals surface area contributed by atoms with E-state index in [9.17, 15) is 0 Å². The van der Waals surface area contributed by atoms with Crippen LogP contribution in [0.15, 0.2) is 18.2 Å². The molecule has 5 nitrogen and oxygen atoms in total. The summed E-state index contributed by atoms with van der Waals surface area (Å²) in [5.74, 6) is 5.65. The molecule has 19 heavy (non-hydrogen) atoms. The summed E-state index contributed by atoms with van der Waals surface area (Å²) in [4.78, 5) is 4.49. The third-order valence-electron chi connectivity index (χ3n) is 3.13. The second-order valence-corrected chi connectivity index (χ2v) is 4.97. The molecule has 0 aliphatic rings. The molecule has 0 spiro atoms. The van der Waals surface area contributed by atoms with E-state index in [0.717, 1.165) is 22.8 Å². The molecule has 3 N–H and O–H groups in total. The molecule has 2 rings (SSSR count). The zero-order valence-electron chi connectivity index (χ0n) is 11.3. The standard InChI is InChI=1S/C13H18ClN5/c1-8-5-4-6-10(16-8)11(17-15)7-12-13(14)9(2)18-19(12)3/h4-6,11,17H,7,15H2,1-3H3. The van der Waals surface area contributed by atoms with Gasteiger partial charge in [0.15, 0.2) is 0 Å². The number of rotatable bonds is 4. The van der Waals surface area contributed by atoms with Gasteiger partial charge in [0.25, 0.3) is 0 Å². The fourth-order valence-electron chi connectivity index (χ4n) is 2.10. The summed E-state index contributed by atoms with van der Waals surface area (Å²) >= 11 is 6.26. The summed E-state index contributed by atoms with van der Waals surface area (Å²) in [6, 6.07) is 5.79. The van der Waals surface area contributed by atoms with Gasteiger partial charge in [-0.1, -0.05) is 17.7 Å². The van der Waals surface area contributed by atoms with E-state index >= 15 is 0 Å². The molecule has 0 aliphatic heterocycles. The second-order valence-electron chi connectivity index (χ2n) is 4.60. The van der Waals surface area contributed by atoms with Gasteiger partial charge >= 0.3 is 0 Å². The maximum atomic E-state index is 6.26. The number of hydrazine groups is 1. The second kappa shape index (κ2) is 5.69. The summed E-state index contributed by atoms with van der Waals surface area (Å²) < 4.78 is 1.79. The van der Waals surface area contributed by atoms with Crippen LogP contribution in [0.4, 0.5) is 0 Å². The predicted molar refractivity (Wildman–Crippen MR) is 75.7 cm³/mol. The summed E-state index contributed by atoms with van der Waals surface area (Å²) in [5.41, 5.74) is 6.43. The van der Waals surface area contributed by atoms with Gasteiger partial charge < -0.3 is 0 Å². The lowest BCUT2D eigenvalue weighted by molar-refractivity contribution is 0.517. The van der Waals surface area contributed by atoms with Crippen molar-refractivity contribution in [2.45, 2.75) is 26.3 Å². The number of nitrogens with one attached hydrogen (secondary N) is 1. The number of pyridine rings is 1. The van der Waals surface area contributed by atoms with Crippen molar-refractivity contribution < 1.29 is 0 Å². The van der Waals surface area contributed by atoms with E-state index in [1.165, 1.54) is 0 Å². The zero-order chi connectivity index (χ0) is 14.0. The van der Waals surface area contributed by atoms with Crippen LogP contribution in [0.2, 0.25) is 5.02 Å². The molecule has 2 aromatic heterocycles. The van der Waals surface area contributed by atoms with Crippen molar-refractivity contribution >= 4 is 11.6 Å². The summed E-state index contributed by atoms with van der Waals surface area (Å²) in [5, 5.41) is 5.00. The normalized spacial score (nSPS) is 12.7. The Balaban J connectivity index is 2.29. The SMILES string of the molecule is Cc1cccc(C(Cc2c(Cl)c(C)nn2C)NN)n1. The Morgan fingerprint density at radius 2 is 2.16 bits per heavy atom. The molecule has 1 atom stereocenters. The fraction of sp³-hybridized carbons (Fsp3) is 0.385. The number of hydrogen-bond acceptors (Lipinski definition) is 4. The largest absolute Gasteiger partial charge is 0.271 e. The Bertz CT molecular complexity index is 578. The smallest absolute Gasteiger partial charge is 0.0847 e. The molecule has 0 aromatic carbocycles. The highest BCUT2D eigenvalue weighted by Crippen LogP contribution is 2.24. The van der Waals surface area contributed by atoms with E-state index in [1.807, 2.05) is 39.1 Å². The highest BCUT2D eigenvalue weighted by atomic mass is 35.5. The molecule has 0 radical (unpaired) electrons. The highest BCUT2D eigenvalue weighted by Gasteiger charge is 2.18. The third kappa shape index (κ3) is 2.94. The van der Waals surface area contributed by atoms with Crippen molar-refractivity contribution in [3.8, 4) is 0 Å². The minimum Gasteiger partial charge on any atom is -0.271 e. The lowest BCUT2D eigenvalue weighted by Gasteiger charge is -2.16. The lowest BCUT2D eigenvalue weighted by atomic mass is 10.1. The van der Waals surface area contributed by atoms with E-state index in [-0.39, 0.29) is 6.04 Å². The maximum absolute atomic E-state index is 6.26. The van der Waals surface area contributed by atoms with Gasteiger partial charge in [-0.3, -0.25) is 20.9 Å². The van der Waals surface area contributed by atoms with Crippen molar-refractivity contribution in [2.75, 3.05) is 0 Å². The van der Waals surface area contributed by atoms with Crippen molar-refractivity contribution in [1.29, 1.82) is 0 Å². The van der Waals surface area contributed by atoms with Crippen LogP contribution in [0.3, 0.4) is 0 Å². The molecule has 6 heteroatoms. The predicted octanol–water partition coefficient (Wildman–Crippen LogP) is 1.83. The van der Waals surface area contributed by atoms with Crippen molar-refractivity contribution in [1.82, 2.24) is 20.2 Å². The van der Waals surface area contributed by atoms with Gasteiger partial charge in [0, 0.05) is 19.2 Å². The molecule has 0 bridgehead atoms. The molecule has 0 saturated carbocycles. The van der Waals surface area contributed by atoms with E-state index in [1.54, 1.807) is 4.68 Å². The molecule has 2 aromatic rings. The Kier molecular flexibility index (Phi) is 4.19. The topological polar surface area (TPSA) is 68.8 Å². The molecule has 1 unspecified atom stereocenters. The zero-order valence-corrected chi connectivity index (χ0v) is 12.1. The van der Waals surface area contributed by atoms with Crippen LogP contribution in [0, 0.1) is 13.8 Å². The van der Waals surface area contributed by atoms with Crippen LogP contribution >= 0.6 is 11.6 Å². The van der Waals surface area contributed by atoms with Crippen molar-refractivity contribution in [3.05, 3.63) is 46.0 Å². The van der Waals surface area contributed by atoms with Crippen molar-refractivity contribution in [2.24, 2.45) is 12.9 Å². The molecule has 102 valence electrons. The number of nitrogens with two attached hydrogens (primary N) is 1. The van der Waals surface area contributed by atoms with Gasteiger partial charge in [-0.2, -0.15) is 5.10 Å². The average molecular weight is 280 g/mol. The van der Waals surface area contributed by atoms with Crippen LogP contribution < -0.4 is 11.3 Å². The van der Waals surface area contributed by atoms with Gasteiger partial charge in [-0.15, -0.1) is 0 Å². The van der Waals surface area contributed by atoms with Crippen LogP contribution in [-0.2, 0) is 13.5 Å². The Labute approximate surface area is 117 Å². The van der Waals surface area contributed by atoms with E-state index in [2.05, 4.69) is 15.5 Å². The molecular formula is C13H18ClN5. The first-order chi connectivity index (χ1) is 9.02. The summed E-state index contributed by atoms with van der Waals surface area (Å²) in [6.07, 6.45) is 0.642. The summed E-state index contributed by atoms with van der Waals surface area (Å²) in [6.45, 7) is 3.85. The van der Waals surface area contributed by atoms with Gasteiger partial charge in [0.2, 0.25) is 0 Å². The first kappa shape index (κ1) is 14.0. The third-order valence-corrected chi connectivity index (χ3v) is 3.62. The quantitative estimate of drug-likeness (QED) is 0.662. The van der Waals surface area contributed by atoms with Gasteiger partial charge in [-0.05, 0) is 26.0 Å². The Morgan fingerprint density at radius 1 is 1.42 bits per heavy atom. The van der Waals surface area contributed by atoms with Crippen molar-refractivity contribution in [3.63, 3.8) is 0 Å². The number of aryl methyl sites for hydroxylation is 3. The van der Waals surface area contributed by atoms with Crippen LogP contribution in [0.5, 0.6) is 0 Å². The average Bonchev–Trinajstić information content (AvgIpc) is 2.61. The van der Waals surface area contributed by atoms with Gasteiger partial charge in [0.05, 0.1) is 28.1 Å². The lowest BCUT2D eigenvalue weighted by Crippen LogP contribution is -2.31. The first-order valence-corrected chi connectivity index (χ1v) is 6.48. The van der Waals surface area contributed by atoms with Gasteiger partial charge in [-0.25, -0.2) is 0 Å². The van der Waals surface area contributed by atoms with Crippen LogP contribution in [-0.4, -0.2) is 14.8 Å². The van der Waals surface area contributed by atoms with Crippen LogP contribution in [0.25, 0.3) is 0 Å². The van der Waals surface area contributed by atoms with E-state index < -0.39 is 0 Å². The number of aromatic nitrogens is 3. The number of halogens is 1. The number of nitrogens with zero attached hydrogens (tertiary/aromatic N) is 3. The molecule has 0 fully saturated rings. The van der Waals surface area contributed by atoms with E-state index in [0.29, 0.717) is 11.4 Å². The maximum Gasteiger partial charge on any atom is 0.0847 e. The minimum atomic E-state index is -0.0906. The Hall–Kier alpha value is -1.43. The fourth-order valence-corrected chi connectivity index (χ4v) is 2.34. The monoisotopic (exact) mass is 279 g/mol. The molecule has 2 heterocycles. The first-order valence-electron chi connectivity index (χ1n) is 6.10. The molecule has 0 saturated heterocycles. The molecule has 0 aliphatic carbocycles. The number of hydrogen-bond donors (Lipinski definition) is 2. The van der Waals surface area contributed by atoms with Gasteiger partial charge in [0.1, 0.15) is 0 Å². The molecule has 0 amide bonds. The molecular weight excluding hydrogens is 262 g/mol. The van der Waals surface area contributed by atoms with Crippen LogP contribution in [0.1, 0.15) is 28.8 Å². The highest BCUT2D eigenvalue weighted by molar-refractivity contribution is 6.31. The minimum absolute atomic E-state index is 0.0906.